The van der Waals surface area contributed by atoms with Gasteiger partial charge in [-0.1, -0.05) is 38.1 Å². The summed E-state index contributed by atoms with van der Waals surface area (Å²) in [5.41, 5.74) is 2.88. The predicted molar refractivity (Wildman–Crippen MR) is 117 cm³/mol. The van der Waals surface area contributed by atoms with Gasteiger partial charge >= 0.3 is 0 Å². The van der Waals surface area contributed by atoms with E-state index in [1.54, 1.807) is 18.2 Å². The topological polar surface area (TPSA) is 74.6 Å². The highest BCUT2D eigenvalue weighted by atomic mass is 16.5. The molecule has 1 amide bonds. The van der Waals surface area contributed by atoms with Crippen LogP contribution in [0.25, 0.3) is 0 Å². The number of methoxy groups -OCH3 is 1. The van der Waals surface area contributed by atoms with Crippen molar-refractivity contribution in [2.24, 2.45) is 0 Å². The highest BCUT2D eigenvalue weighted by Crippen LogP contribution is 2.27. The smallest absolute Gasteiger partial charge is 0.220 e. The summed E-state index contributed by atoms with van der Waals surface area (Å²) in [6.45, 7) is 8.28. The van der Waals surface area contributed by atoms with Gasteiger partial charge in [-0.25, -0.2) is 0 Å². The Labute approximate surface area is 179 Å². The van der Waals surface area contributed by atoms with Crippen molar-refractivity contribution in [3.8, 4) is 17.6 Å². The minimum Gasteiger partial charge on any atom is -0.493 e. The zero-order chi connectivity index (χ0) is 21.8. The second-order valence-corrected chi connectivity index (χ2v) is 6.98. The van der Waals surface area contributed by atoms with Gasteiger partial charge in [0, 0.05) is 25.6 Å². The molecule has 0 spiro atoms. The van der Waals surface area contributed by atoms with E-state index in [2.05, 4.69) is 54.4 Å². The van der Waals surface area contributed by atoms with Crippen LogP contribution < -0.4 is 14.8 Å². The fourth-order valence-corrected chi connectivity index (χ4v) is 3.03. The SMILES string of the molecule is CCN(CC)Cc1ccc(CNC(=O)CCCOc2ccc(C#N)cc2OC)cc1. The second-order valence-electron chi connectivity index (χ2n) is 6.98. The van der Waals surface area contributed by atoms with Gasteiger partial charge in [0.25, 0.3) is 0 Å². The van der Waals surface area contributed by atoms with Crippen molar-refractivity contribution in [2.45, 2.75) is 39.8 Å². The third kappa shape index (κ3) is 7.41. The lowest BCUT2D eigenvalue weighted by atomic mass is 10.1. The molecule has 0 aliphatic rings. The Morgan fingerprint density at radius 3 is 2.40 bits per heavy atom. The molecule has 0 saturated heterocycles. The molecule has 0 aliphatic carbocycles. The Kier molecular flexibility index (Phi) is 9.69. The van der Waals surface area contributed by atoms with Crippen molar-refractivity contribution >= 4 is 5.91 Å². The van der Waals surface area contributed by atoms with Gasteiger partial charge in [-0.3, -0.25) is 9.69 Å². The van der Waals surface area contributed by atoms with Gasteiger partial charge in [-0.2, -0.15) is 5.26 Å². The summed E-state index contributed by atoms with van der Waals surface area (Å²) in [5, 5.41) is 11.9. The fraction of sp³-hybridized carbons (Fsp3) is 0.417. The molecule has 1 N–H and O–H groups in total. The third-order valence-electron chi connectivity index (χ3n) is 4.91. The molecule has 0 saturated carbocycles. The van der Waals surface area contributed by atoms with Gasteiger partial charge in [0.05, 0.1) is 25.3 Å². The molecule has 2 aromatic carbocycles. The zero-order valence-corrected chi connectivity index (χ0v) is 18.1. The molecule has 0 heterocycles. The van der Waals surface area contributed by atoms with E-state index in [0.717, 1.165) is 25.2 Å². The molecule has 6 heteroatoms. The van der Waals surface area contributed by atoms with Crippen molar-refractivity contribution in [3.63, 3.8) is 0 Å². The molecule has 2 rings (SSSR count). The molecule has 0 radical (unpaired) electrons. The molecular weight excluding hydrogens is 378 g/mol. The maximum Gasteiger partial charge on any atom is 0.220 e. The molecule has 0 atom stereocenters. The number of carbonyl (C=O) groups is 1. The number of hydrogen-bond donors (Lipinski definition) is 1. The first-order chi connectivity index (χ1) is 14.6. The molecule has 6 nitrogen and oxygen atoms in total. The van der Waals surface area contributed by atoms with Crippen molar-refractivity contribution in [3.05, 3.63) is 59.2 Å². The van der Waals surface area contributed by atoms with Crippen molar-refractivity contribution in [1.82, 2.24) is 10.2 Å². The Hall–Kier alpha value is -3.04. The van der Waals surface area contributed by atoms with E-state index in [9.17, 15) is 4.79 Å². The van der Waals surface area contributed by atoms with Crippen molar-refractivity contribution in [2.75, 3.05) is 26.8 Å². The highest BCUT2D eigenvalue weighted by molar-refractivity contribution is 5.75. The Morgan fingerprint density at radius 2 is 1.77 bits per heavy atom. The zero-order valence-electron chi connectivity index (χ0n) is 18.1. The van der Waals surface area contributed by atoms with Crippen molar-refractivity contribution < 1.29 is 14.3 Å². The van der Waals surface area contributed by atoms with Crippen LogP contribution in [0.1, 0.15) is 43.4 Å². The Bertz CT molecular complexity index is 840. The van der Waals surface area contributed by atoms with Gasteiger partial charge in [0.15, 0.2) is 11.5 Å². The quantitative estimate of drug-likeness (QED) is 0.539. The molecule has 160 valence electrons. The molecule has 0 bridgehead atoms. The summed E-state index contributed by atoms with van der Waals surface area (Å²) in [4.78, 5) is 14.5. The summed E-state index contributed by atoms with van der Waals surface area (Å²) in [6.07, 6.45) is 0.983. The number of ether oxygens (including phenoxy) is 2. The molecular formula is C24H31N3O3. The fourth-order valence-electron chi connectivity index (χ4n) is 3.03. The minimum absolute atomic E-state index is 0.00221. The monoisotopic (exact) mass is 409 g/mol. The normalized spacial score (nSPS) is 10.5. The summed E-state index contributed by atoms with van der Waals surface area (Å²) in [7, 11) is 1.53. The first-order valence-corrected chi connectivity index (χ1v) is 10.4. The number of hydrogen-bond acceptors (Lipinski definition) is 5. The second kappa shape index (κ2) is 12.5. The van der Waals surface area contributed by atoms with E-state index in [4.69, 9.17) is 14.7 Å². The van der Waals surface area contributed by atoms with Crippen molar-refractivity contribution in [1.29, 1.82) is 5.26 Å². The number of rotatable bonds is 12. The van der Waals surface area contributed by atoms with E-state index in [0.29, 0.717) is 43.1 Å². The lowest BCUT2D eigenvalue weighted by Gasteiger charge is -2.18. The van der Waals surface area contributed by atoms with Crippen LogP contribution in [0, 0.1) is 11.3 Å². The van der Waals surface area contributed by atoms with Crippen LogP contribution in [-0.2, 0) is 17.9 Å². The molecule has 0 aromatic heterocycles. The molecule has 30 heavy (non-hydrogen) atoms. The van der Waals surface area contributed by atoms with Crippen LogP contribution in [-0.4, -0.2) is 37.6 Å². The highest BCUT2D eigenvalue weighted by Gasteiger charge is 2.07. The number of benzene rings is 2. The molecule has 0 fully saturated rings. The number of nitriles is 1. The predicted octanol–water partition coefficient (Wildman–Crippen LogP) is 3.88. The van der Waals surface area contributed by atoms with Gasteiger partial charge in [0.1, 0.15) is 0 Å². The minimum atomic E-state index is -0.00221. The first kappa shape index (κ1) is 23.2. The Morgan fingerprint density at radius 1 is 1.07 bits per heavy atom. The first-order valence-electron chi connectivity index (χ1n) is 10.4. The van der Waals surface area contributed by atoms with Crippen LogP contribution in [0.15, 0.2) is 42.5 Å². The van der Waals surface area contributed by atoms with Crippen LogP contribution in [0.2, 0.25) is 0 Å². The van der Waals surface area contributed by atoms with Crippen LogP contribution in [0.3, 0.4) is 0 Å². The molecule has 0 aliphatic heterocycles. The van der Waals surface area contributed by atoms with Gasteiger partial charge in [-0.05, 0) is 42.8 Å². The summed E-state index contributed by atoms with van der Waals surface area (Å²) in [5.74, 6) is 1.09. The average molecular weight is 410 g/mol. The maximum absolute atomic E-state index is 12.1. The summed E-state index contributed by atoms with van der Waals surface area (Å²) < 4.78 is 10.9. The lowest BCUT2D eigenvalue weighted by Crippen LogP contribution is -2.23. The summed E-state index contributed by atoms with van der Waals surface area (Å²) in [6, 6.07) is 15.5. The van der Waals surface area contributed by atoms with E-state index in [1.807, 2.05) is 0 Å². The van der Waals surface area contributed by atoms with Crippen LogP contribution in [0.5, 0.6) is 11.5 Å². The number of nitrogens with zero attached hydrogens (tertiary/aromatic N) is 2. The largest absolute Gasteiger partial charge is 0.493 e. The van der Waals surface area contributed by atoms with Crippen LogP contribution in [0.4, 0.5) is 0 Å². The van der Waals surface area contributed by atoms with E-state index in [-0.39, 0.29) is 5.91 Å². The standard InChI is InChI=1S/C24H31N3O3/c1-4-27(5-2)18-20-10-8-19(9-11-20)17-26-24(28)7-6-14-30-22-13-12-21(16-25)15-23(22)29-3/h8-13,15H,4-7,14,17-18H2,1-3H3,(H,26,28). The molecule has 0 unspecified atom stereocenters. The lowest BCUT2D eigenvalue weighted by molar-refractivity contribution is -0.121. The van der Waals surface area contributed by atoms with E-state index < -0.39 is 0 Å². The number of nitrogens with one attached hydrogen (secondary N) is 1. The van der Waals surface area contributed by atoms with E-state index >= 15 is 0 Å². The molecule has 2 aromatic rings. The van der Waals surface area contributed by atoms with Crippen LogP contribution >= 0.6 is 0 Å². The average Bonchev–Trinajstić information content (AvgIpc) is 2.79. The van der Waals surface area contributed by atoms with Gasteiger partial charge < -0.3 is 14.8 Å². The maximum atomic E-state index is 12.1. The van der Waals surface area contributed by atoms with E-state index in [1.165, 1.54) is 12.7 Å². The number of carbonyl (C=O) groups excluding carboxylic acids is 1. The summed E-state index contributed by atoms with van der Waals surface area (Å²) >= 11 is 0. The van der Waals surface area contributed by atoms with Gasteiger partial charge in [0.2, 0.25) is 5.91 Å². The Balaban J connectivity index is 1.70. The third-order valence-corrected chi connectivity index (χ3v) is 4.91. The van der Waals surface area contributed by atoms with Gasteiger partial charge in [-0.15, -0.1) is 0 Å². The number of amides is 1.